The van der Waals surface area contributed by atoms with E-state index >= 15 is 0 Å². The van der Waals surface area contributed by atoms with Crippen molar-refractivity contribution in [2.45, 2.75) is 59.9 Å². The SMILES string of the molecule is CCCCOc1cc(C(=O)OC[C@@H](C(C)CC)N(CC)CC)ccc1O. The molecule has 0 aliphatic carbocycles. The van der Waals surface area contributed by atoms with E-state index < -0.39 is 0 Å². The summed E-state index contributed by atoms with van der Waals surface area (Å²) < 4.78 is 11.2. The number of hydrogen-bond acceptors (Lipinski definition) is 5. The standard InChI is InChI=1S/C21H35NO4/c1-6-10-13-25-20-14-17(11-12-19(20)23)21(24)26-15-18(16(5)7-2)22(8-3)9-4/h11-12,14,16,18,23H,6-10,13,15H2,1-5H3/t16?,18-/m0/s1. The Morgan fingerprint density at radius 3 is 2.46 bits per heavy atom. The van der Waals surface area contributed by atoms with E-state index in [1.54, 1.807) is 12.1 Å². The number of phenols is 1. The quantitative estimate of drug-likeness (QED) is 0.437. The van der Waals surface area contributed by atoms with Gasteiger partial charge in [-0.25, -0.2) is 4.79 Å². The lowest BCUT2D eigenvalue weighted by Crippen LogP contribution is -2.43. The maximum atomic E-state index is 12.5. The molecule has 0 aromatic heterocycles. The van der Waals surface area contributed by atoms with E-state index in [-0.39, 0.29) is 17.8 Å². The number of likely N-dealkylation sites (N-methyl/N-ethyl adjacent to an activating group) is 1. The molecule has 0 aliphatic rings. The molecule has 5 heteroatoms. The van der Waals surface area contributed by atoms with Crippen LogP contribution < -0.4 is 4.74 Å². The van der Waals surface area contributed by atoms with Gasteiger partial charge in [-0.2, -0.15) is 0 Å². The van der Waals surface area contributed by atoms with Crippen LogP contribution in [0.25, 0.3) is 0 Å². The molecule has 0 saturated carbocycles. The first-order valence-electron chi connectivity index (χ1n) is 9.85. The molecule has 2 atom stereocenters. The normalized spacial score (nSPS) is 13.5. The van der Waals surface area contributed by atoms with Gasteiger partial charge in [0, 0.05) is 6.04 Å². The third kappa shape index (κ3) is 6.52. The second-order valence-electron chi connectivity index (χ2n) is 6.66. The fraction of sp³-hybridized carbons (Fsp3) is 0.667. The number of aromatic hydroxyl groups is 1. The Hall–Kier alpha value is -1.75. The predicted octanol–water partition coefficient (Wildman–Crippen LogP) is 4.48. The van der Waals surface area contributed by atoms with E-state index in [2.05, 4.69) is 39.5 Å². The first kappa shape index (κ1) is 22.3. The molecule has 26 heavy (non-hydrogen) atoms. The van der Waals surface area contributed by atoms with Crippen LogP contribution in [0.15, 0.2) is 18.2 Å². The first-order valence-corrected chi connectivity index (χ1v) is 9.85. The van der Waals surface area contributed by atoms with Gasteiger partial charge in [-0.15, -0.1) is 0 Å². The predicted molar refractivity (Wildman–Crippen MR) is 105 cm³/mol. The molecule has 1 aromatic rings. The van der Waals surface area contributed by atoms with E-state index in [1.165, 1.54) is 6.07 Å². The molecule has 148 valence electrons. The number of rotatable bonds is 12. The Kier molecular flexibility index (Phi) is 10.1. The highest BCUT2D eigenvalue weighted by Gasteiger charge is 2.23. The summed E-state index contributed by atoms with van der Waals surface area (Å²) in [5.74, 6) is 0.426. The van der Waals surface area contributed by atoms with Crippen LogP contribution in [-0.4, -0.2) is 48.3 Å². The molecular weight excluding hydrogens is 330 g/mol. The van der Waals surface area contributed by atoms with Crippen molar-refractivity contribution >= 4 is 5.97 Å². The van der Waals surface area contributed by atoms with Gasteiger partial charge in [-0.05, 0) is 43.6 Å². The summed E-state index contributed by atoms with van der Waals surface area (Å²) in [5, 5.41) is 9.89. The van der Waals surface area contributed by atoms with Crippen LogP contribution in [0, 0.1) is 5.92 Å². The zero-order chi connectivity index (χ0) is 19.5. The van der Waals surface area contributed by atoms with Gasteiger partial charge in [-0.1, -0.05) is 47.5 Å². The number of carbonyl (C=O) groups is 1. The third-order valence-electron chi connectivity index (χ3n) is 4.92. The Morgan fingerprint density at radius 1 is 1.19 bits per heavy atom. The molecule has 0 amide bonds. The fourth-order valence-corrected chi connectivity index (χ4v) is 2.92. The fourth-order valence-electron chi connectivity index (χ4n) is 2.92. The molecule has 0 bridgehead atoms. The average Bonchev–Trinajstić information content (AvgIpc) is 2.65. The number of unbranched alkanes of at least 4 members (excludes halogenated alkanes) is 1. The molecule has 1 rings (SSSR count). The summed E-state index contributed by atoms with van der Waals surface area (Å²) in [5.41, 5.74) is 0.400. The van der Waals surface area contributed by atoms with Gasteiger partial charge < -0.3 is 14.6 Å². The summed E-state index contributed by atoms with van der Waals surface area (Å²) in [6, 6.07) is 4.81. The highest BCUT2D eigenvalue weighted by molar-refractivity contribution is 5.90. The minimum atomic E-state index is -0.384. The summed E-state index contributed by atoms with van der Waals surface area (Å²) in [6.07, 6.45) is 2.94. The van der Waals surface area contributed by atoms with Crippen molar-refractivity contribution < 1.29 is 19.4 Å². The van der Waals surface area contributed by atoms with Crippen LogP contribution in [-0.2, 0) is 4.74 Å². The molecule has 0 spiro atoms. The van der Waals surface area contributed by atoms with Crippen molar-refractivity contribution in [3.8, 4) is 11.5 Å². The van der Waals surface area contributed by atoms with Crippen LogP contribution in [0.1, 0.15) is 64.2 Å². The maximum absolute atomic E-state index is 12.5. The number of carbonyl (C=O) groups excluding carboxylic acids is 1. The Morgan fingerprint density at radius 2 is 1.88 bits per heavy atom. The third-order valence-corrected chi connectivity index (χ3v) is 4.92. The molecule has 0 heterocycles. The minimum Gasteiger partial charge on any atom is -0.504 e. The van der Waals surface area contributed by atoms with Crippen LogP contribution >= 0.6 is 0 Å². The van der Waals surface area contributed by atoms with E-state index in [0.717, 1.165) is 32.4 Å². The van der Waals surface area contributed by atoms with Crippen molar-refractivity contribution in [2.75, 3.05) is 26.3 Å². The summed E-state index contributed by atoms with van der Waals surface area (Å²) >= 11 is 0. The smallest absolute Gasteiger partial charge is 0.338 e. The number of benzene rings is 1. The highest BCUT2D eigenvalue weighted by atomic mass is 16.5. The van der Waals surface area contributed by atoms with Gasteiger partial charge in [0.05, 0.1) is 12.2 Å². The highest BCUT2D eigenvalue weighted by Crippen LogP contribution is 2.27. The summed E-state index contributed by atoms with van der Waals surface area (Å²) in [6.45, 7) is 13.4. The van der Waals surface area contributed by atoms with E-state index in [9.17, 15) is 9.90 Å². The lowest BCUT2D eigenvalue weighted by atomic mass is 9.98. The molecule has 1 unspecified atom stereocenters. The number of esters is 1. The summed E-state index contributed by atoms with van der Waals surface area (Å²) in [4.78, 5) is 14.8. The van der Waals surface area contributed by atoms with Crippen molar-refractivity contribution in [3.05, 3.63) is 23.8 Å². The molecule has 5 nitrogen and oxygen atoms in total. The molecular formula is C21H35NO4. The molecule has 0 saturated heterocycles. The Labute approximate surface area is 158 Å². The van der Waals surface area contributed by atoms with E-state index in [1.807, 2.05) is 0 Å². The second kappa shape index (κ2) is 11.8. The number of ether oxygens (including phenoxy) is 2. The second-order valence-corrected chi connectivity index (χ2v) is 6.66. The van der Waals surface area contributed by atoms with Crippen LogP contribution in [0.5, 0.6) is 11.5 Å². The van der Waals surface area contributed by atoms with Crippen molar-refractivity contribution in [3.63, 3.8) is 0 Å². The zero-order valence-electron chi connectivity index (χ0n) is 17.0. The van der Waals surface area contributed by atoms with Gasteiger partial charge in [0.1, 0.15) is 6.61 Å². The van der Waals surface area contributed by atoms with Crippen LogP contribution in [0.2, 0.25) is 0 Å². The zero-order valence-corrected chi connectivity index (χ0v) is 17.0. The Balaban J connectivity index is 2.77. The average molecular weight is 366 g/mol. The van der Waals surface area contributed by atoms with Crippen molar-refractivity contribution in [1.82, 2.24) is 4.90 Å². The van der Waals surface area contributed by atoms with Crippen molar-refractivity contribution in [1.29, 1.82) is 0 Å². The summed E-state index contributed by atoms with van der Waals surface area (Å²) in [7, 11) is 0. The molecule has 1 aromatic carbocycles. The van der Waals surface area contributed by atoms with Crippen molar-refractivity contribution in [2.24, 2.45) is 5.92 Å². The molecule has 0 aliphatic heterocycles. The first-order chi connectivity index (χ1) is 12.5. The monoisotopic (exact) mass is 365 g/mol. The Bertz CT molecular complexity index is 543. The topological polar surface area (TPSA) is 59.0 Å². The largest absolute Gasteiger partial charge is 0.504 e. The van der Waals surface area contributed by atoms with Crippen LogP contribution in [0.4, 0.5) is 0 Å². The maximum Gasteiger partial charge on any atom is 0.338 e. The van der Waals surface area contributed by atoms with Gasteiger partial charge in [0.15, 0.2) is 11.5 Å². The lowest BCUT2D eigenvalue weighted by Gasteiger charge is -2.33. The molecule has 1 N–H and O–H groups in total. The van der Waals surface area contributed by atoms with Gasteiger partial charge in [-0.3, -0.25) is 4.90 Å². The van der Waals surface area contributed by atoms with Gasteiger partial charge >= 0.3 is 5.97 Å². The number of hydrogen-bond donors (Lipinski definition) is 1. The van der Waals surface area contributed by atoms with E-state index in [4.69, 9.17) is 9.47 Å². The van der Waals surface area contributed by atoms with Gasteiger partial charge in [0.25, 0.3) is 0 Å². The molecule has 0 fully saturated rings. The minimum absolute atomic E-state index is 0.0401. The van der Waals surface area contributed by atoms with Gasteiger partial charge in [0.2, 0.25) is 0 Å². The number of phenolic OH excluding ortho intramolecular Hbond substituents is 1. The molecule has 0 radical (unpaired) electrons. The van der Waals surface area contributed by atoms with E-state index in [0.29, 0.717) is 30.4 Å². The lowest BCUT2D eigenvalue weighted by molar-refractivity contribution is 0.0271. The number of nitrogens with zero attached hydrogens (tertiary/aromatic N) is 1. The van der Waals surface area contributed by atoms with Crippen LogP contribution in [0.3, 0.4) is 0 Å².